The number of hydrogen-bond acceptors (Lipinski definition) is 4. The van der Waals surface area contributed by atoms with E-state index in [1.165, 1.54) is 0 Å². The van der Waals surface area contributed by atoms with Crippen LogP contribution < -0.4 is 9.47 Å². The number of aryl methyl sites for hydroxylation is 2. The zero-order valence-corrected chi connectivity index (χ0v) is 12.6. The molecule has 0 amide bonds. The lowest BCUT2D eigenvalue weighted by atomic mass is 10.2. The molecule has 5 nitrogen and oxygen atoms in total. The molecule has 0 aliphatic carbocycles. The maximum absolute atomic E-state index is 8.94. The van der Waals surface area contributed by atoms with Crippen LogP contribution in [0.15, 0.2) is 24.3 Å². The summed E-state index contributed by atoms with van der Waals surface area (Å²) in [5, 5.41) is 13.3. The number of hydrogen-bond donors (Lipinski definition) is 0. The van der Waals surface area contributed by atoms with Crippen LogP contribution in [0.25, 0.3) is 0 Å². The molecule has 0 aliphatic heterocycles. The monoisotopic (exact) mass is 285 g/mol. The minimum atomic E-state index is 0.412. The summed E-state index contributed by atoms with van der Waals surface area (Å²) < 4.78 is 13.2. The third-order valence-corrected chi connectivity index (χ3v) is 3.14. The molecule has 110 valence electrons. The molecular formula is C16H19N3O2. The predicted octanol–water partition coefficient (Wildman–Crippen LogP) is 2.83. The fourth-order valence-electron chi connectivity index (χ4n) is 2.00. The summed E-state index contributed by atoms with van der Waals surface area (Å²) in [5.41, 5.74) is 2.60. The first-order chi connectivity index (χ1) is 10.2. The topological polar surface area (TPSA) is 60.1 Å². The zero-order chi connectivity index (χ0) is 15.2. The summed E-state index contributed by atoms with van der Waals surface area (Å²) >= 11 is 0. The van der Waals surface area contributed by atoms with Crippen LogP contribution in [0.2, 0.25) is 0 Å². The summed E-state index contributed by atoms with van der Waals surface area (Å²) in [6.07, 6.45) is 0.898. The van der Waals surface area contributed by atoms with Crippen molar-refractivity contribution in [3.63, 3.8) is 0 Å². The Hall–Kier alpha value is -2.48. The number of aromatic nitrogens is 2. The SMILES string of the molecule is CCOc1cc(C#N)ccc1OCc1cc(CC)nn1C. The average Bonchev–Trinajstić information content (AvgIpc) is 2.86. The van der Waals surface area contributed by atoms with Gasteiger partial charge in [0.1, 0.15) is 6.61 Å². The molecule has 0 N–H and O–H groups in total. The highest BCUT2D eigenvalue weighted by molar-refractivity contribution is 5.46. The molecule has 1 aromatic carbocycles. The van der Waals surface area contributed by atoms with Gasteiger partial charge in [-0.3, -0.25) is 4.68 Å². The van der Waals surface area contributed by atoms with Crippen LogP contribution in [0, 0.1) is 11.3 Å². The van der Waals surface area contributed by atoms with Crippen molar-refractivity contribution < 1.29 is 9.47 Å². The number of benzene rings is 1. The van der Waals surface area contributed by atoms with Crippen molar-refractivity contribution in [2.45, 2.75) is 26.9 Å². The number of rotatable bonds is 6. The molecule has 0 fully saturated rings. The van der Waals surface area contributed by atoms with Gasteiger partial charge in [0.05, 0.1) is 29.6 Å². The van der Waals surface area contributed by atoms with E-state index in [0.29, 0.717) is 30.3 Å². The fraction of sp³-hybridized carbons (Fsp3) is 0.375. The van der Waals surface area contributed by atoms with Crippen LogP contribution >= 0.6 is 0 Å². The summed E-state index contributed by atoms with van der Waals surface area (Å²) in [5.74, 6) is 1.23. The Morgan fingerprint density at radius 2 is 2.00 bits per heavy atom. The van der Waals surface area contributed by atoms with Gasteiger partial charge in [-0.25, -0.2) is 0 Å². The van der Waals surface area contributed by atoms with E-state index in [2.05, 4.69) is 18.1 Å². The van der Waals surface area contributed by atoms with E-state index in [0.717, 1.165) is 17.8 Å². The molecule has 0 saturated heterocycles. The van der Waals surface area contributed by atoms with Crippen LogP contribution in [0.1, 0.15) is 30.8 Å². The van der Waals surface area contributed by atoms with Crippen LogP contribution in [0.4, 0.5) is 0 Å². The van der Waals surface area contributed by atoms with Gasteiger partial charge in [-0.1, -0.05) is 6.92 Å². The van der Waals surface area contributed by atoms with Crippen LogP contribution in [0.5, 0.6) is 11.5 Å². The summed E-state index contributed by atoms with van der Waals surface area (Å²) in [6.45, 7) is 4.91. The summed E-state index contributed by atoms with van der Waals surface area (Å²) in [4.78, 5) is 0. The van der Waals surface area contributed by atoms with Gasteiger partial charge in [0, 0.05) is 13.1 Å². The molecule has 0 aliphatic rings. The Morgan fingerprint density at radius 3 is 2.62 bits per heavy atom. The van der Waals surface area contributed by atoms with Gasteiger partial charge >= 0.3 is 0 Å². The third-order valence-electron chi connectivity index (χ3n) is 3.14. The van der Waals surface area contributed by atoms with Gasteiger partial charge in [-0.05, 0) is 31.5 Å². The van der Waals surface area contributed by atoms with E-state index in [-0.39, 0.29) is 0 Å². The van der Waals surface area contributed by atoms with E-state index >= 15 is 0 Å². The molecule has 0 spiro atoms. The van der Waals surface area contributed by atoms with Crippen molar-refractivity contribution in [2.24, 2.45) is 7.05 Å². The minimum Gasteiger partial charge on any atom is -0.490 e. The second-order valence-electron chi connectivity index (χ2n) is 4.60. The normalized spacial score (nSPS) is 10.2. The first kappa shape index (κ1) is 14.9. The van der Waals surface area contributed by atoms with Crippen LogP contribution in [-0.2, 0) is 20.1 Å². The van der Waals surface area contributed by atoms with Crippen LogP contribution in [-0.4, -0.2) is 16.4 Å². The molecule has 0 saturated carbocycles. The van der Waals surface area contributed by atoms with Gasteiger partial charge < -0.3 is 9.47 Å². The molecule has 0 unspecified atom stereocenters. The molecule has 0 radical (unpaired) electrons. The molecule has 21 heavy (non-hydrogen) atoms. The third kappa shape index (κ3) is 3.54. The number of ether oxygens (including phenoxy) is 2. The lowest BCUT2D eigenvalue weighted by Gasteiger charge is -2.12. The Balaban J connectivity index is 2.15. The summed E-state index contributed by atoms with van der Waals surface area (Å²) in [6, 6.07) is 9.31. The Bertz CT molecular complexity index is 656. The smallest absolute Gasteiger partial charge is 0.162 e. The van der Waals surface area contributed by atoms with Gasteiger partial charge in [-0.2, -0.15) is 10.4 Å². The first-order valence-corrected chi connectivity index (χ1v) is 6.99. The molecule has 0 bridgehead atoms. The second-order valence-corrected chi connectivity index (χ2v) is 4.60. The van der Waals surface area contributed by atoms with Gasteiger partial charge in [0.15, 0.2) is 11.5 Å². The number of nitrogens with zero attached hydrogens (tertiary/aromatic N) is 3. The predicted molar refractivity (Wildman–Crippen MR) is 79.2 cm³/mol. The van der Waals surface area contributed by atoms with E-state index in [1.54, 1.807) is 18.2 Å². The molecule has 1 heterocycles. The largest absolute Gasteiger partial charge is 0.490 e. The van der Waals surface area contributed by atoms with Gasteiger partial charge in [0.25, 0.3) is 0 Å². The van der Waals surface area contributed by atoms with Crippen molar-refractivity contribution in [1.82, 2.24) is 9.78 Å². The average molecular weight is 285 g/mol. The van der Waals surface area contributed by atoms with Gasteiger partial charge in [-0.15, -0.1) is 0 Å². The Kier molecular flexibility index (Phi) is 4.83. The first-order valence-electron chi connectivity index (χ1n) is 6.99. The molecule has 2 rings (SSSR count). The molecule has 0 atom stereocenters. The van der Waals surface area contributed by atoms with Crippen molar-refractivity contribution >= 4 is 0 Å². The lowest BCUT2D eigenvalue weighted by Crippen LogP contribution is -2.04. The maximum Gasteiger partial charge on any atom is 0.162 e. The molecular weight excluding hydrogens is 266 g/mol. The maximum atomic E-state index is 8.94. The lowest BCUT2D eigenvalue weighted by molar-refractivity contribution is 0.263. The molecule has 5 heteroatoms. The fourth-order valence-corrected chi connectivity index (χ4v) is 2.00. The number of nitriles is 1. The van der Waals surface area contributed by atoms with E-state index in [4.69, 9.17) is 14.7 Å². The quantitative estimate of drug-likeness (QED) is 0.819. The van der Waals surface area contributed by atoms with Crippen molar-refractivity contribution in [3.8, 4) is 17.6 Å². The molecule has 1 aromatic heterocycles. The minimum absolute atomic E-state index is 0.412. The molecule has 2 aromatic rings. The second kappa shape index (κ2) is 6.80. The highest BCUT2D eigenvalue weighted by Gasteiger charge is 2.09. The van der Waals surface area contributed by atoms with Crippen molar-refractivity contribution in [3.05, 3.63) is 41.2 Å². The van der Waals surface area contributed by atoms with Crippen LogP contribution in [0.3, 0.4) is 0 Å². The standard InChI is InChI=1S/C16H19N3O2/c1-4-13-9-14(19(3)18-13)11-21-15-7-6-12(10-17)8-16(15)20-5-2/h6-9H,4-5,11H2,1-3H3. The van der Waals surface area contributed by atoms with Gasteiger partial charge in [0.2, 0.25) is 0 Å². The Morgan fingerprint density at radius 1 is 1.19 bits per heavy atom. The highest BCUT2D eigenvalue weighted by Crippen LogP contribution is 2.29. The Labute approximate surface area is 124 Å². The van der Waals surface area contributed by atoms with E-state index < -0.39 is 0 Å². The zero-order valence-electron chi connectivity index (χ0n) is 12.6. The van der Waals surface area contributed by atoms with E-state index in [1.807, 2.05) is 24.7 Å². The van der Waals surface area contributed by atoms with E-state index in [9.17, 15) is 0 Å². The highest BCUT2D eigenvalue weighted by atomic mass is 16.5. The van der Waals surface area contributed by atoms with Crippen molar-refractivity contribution in [1.29, 1.82) is 5.26 Å². The summed E-state index contributed by atoms with van der Waals surface area (Å²) in [7, 11) is 1.90. The van der Waals surface area contributed by atoms with Crippen molar-refractivity contribution in [2.75, 3.05) is 6.61 Å².